The van der Waals surface area contributed by atoms with Crippen LogP contribution in [0, 0.1) is 0 Å². The van der Waals surface area contributed by atoms with Crippen molar-refractivity contribution in [3.05, 3.63) is 182 Å². The monoisotopic (exact) mass is 1560 g/mol. The first-order chi connectivity index (χ1) is 53.2. The van der Waals surface area contributed by atoms with Crippen LogP contribution in [-0.2, 0) is 55.8 Å². The Morgan fingerprint density at radius 1 is 0.266 bits per heavy atom. The number of hydrogen-bond acceptors (Lipinski definition) is 14. The van der Waals surface area contributed by atoms with Gasteiger partial charge in [-0.15, -0.1) is 0 Å². The molecule has 0 aliphatic heterocycles. The lowest BCUT2D eigenvalue weighted by molar-refractivity contribution is -0.161. The van der Waals surface area contributed by atoms with Crippen molar-refractivity contribution in [1.82, 2.24) is 0 Å². The molecule has 0 bridgehead atoms. The molecule has 5 atom stereocenters. The predicted molar refractivity (Wildman–Crippen MR) is 454 cm³/mol. The topological polar surface area (TPSA) is 231 Å². The standard InChI is InChI=1S/C91H150O16P2/c1-4-7-10-13-16-19-22-25-28-31-34-36-38-40-42-44-46-48-51-53-56-59-62-65-68-71-74-77-89(94)101-80-86(92)81-103-108(97,98)104-82-87(93)83-105-109(99,100)106-85-88(107-91(96)79-76-73-70-67-64-61-58-55-50-33-30-27-24-21-18-15-12-9-6-3)84-102-90(95)78-75-72-69-66-63-60-57-54-52-49-47-45-43-41-39-37-35-32-29-26-23-20-17-14-11-8-5-2/h7,9-10,12,16-21,25-30,34-37,40-43,46,48,50,55,61,64,86-88,92-93H,4-6,8,11,13-15,22-24,31-33,38-39,44-45,47,49,51-54,56-60,62-63,65-85H2,1-3H3,(H,97,98)(H,99,100)/b10-7-,12-9-,19-16-,20-17-,21-18-,28-25-,29-26-,30-27-,36-34-,37-35-,42-40-,43-41-,48-46-,55-50-,64-61-. The van der Waals surface area contributed by atoms with Crippen LogP contribution in [0.15, 0.2) is 182 Å². The van der Waals surface area contributed by atoms with Crippen molar-refractivity contribution in [2.75, 3.05) is 39.6 Å². The molecule has 0 aliphatic carbocycles. The number of unbranched alkanes of at least 4 members (excludes halogenated alkanes) is 25. The lowest BCUT2D eigenvalue weighted by Crippen LogP contribution is -2.30. The van der Waals surface area contributed by atoms with Crippen LogP contribution in [0.2, 0.25) is 0 Å². The van der Waals surface area contributed by atoms with Gasteiger partial charge in [0.1, 0.15) is 25.4 Å². The quantitative estimate of drug-likeness (QED) is 0.0146. The second-order valence-electron chi connectivity index (χ2n) is 27.5. The zero-order valence-corrected chi connectivity index (χ0v) is 69.7. The van der Waals surface area contributed by atoms with Crippen molar-refractivity contribution in [1.29, 1.82) is 0 Å². The lowest BCUT2D eigenvalue weighted by Gasteiger charge is -2.21. The van der Waals surface area contributed by atoms with Crippen molar-refractivity contribution >= 4 is 33.6 Å². The lowest BCUT2D eigenvalue weighted by atomic mass is 10.0. The number of phosphoric acid groups is 2. The van der Waals surface area contributed by atoms with Crippen molar-refractivity contribution in [3.8, 4) is 0 Å². The number of aliphatic hydroxyl groups is 2. The molecule has 0 fully saturated rings. The highest BCUT2D eigenvalue weighted by Crippen LogP contribution is 2.45. The van der Waals surface area contributed by atoms with E-state index < -0.39 is 91.5 Å². The van der Waals surface area contributed by atoms with Crippen molar-refractivity contribution < 1.29 is 75.8 Å². The molecule has 4 N–H and O–H groups in total. The molecule has 5 unspecified atom stereocenters. The largest absolute Gasteiger partial charge is 0.472 e. The summed E-state index contributed by atoms with van der Waals surface area (Å²) in [5.41, 5.74) is 0. The Hall–Kier alpha value is -5.35. The normalized spacial score (nSPS) is 14.8. The fourth-order valence-corrected chi connectivity index (χ4v) is 12.3. The maximum atomic E-state index is 13.0. The van der Waals surface area contributed by atoms with E-state index in [0.29, 0.717) is 19.3 Å². The van der Waals surface area contributed by atoms with E-state index >= 15 is 0 Å². The van der Waals surface area contributed by atoms with Crippen LogP contribution in [0.25, 0.3) is 0 Å². The van der Waals surface area contributed by atoms with Crippen LogP contribution < -0.4 is 0 Å². The molecule has 109 heavy (non-hydrogen) atoms. The SMILES string of the molecule is CC/C=C\C/C=C\C/C=C\C/C=C\C/C=C\C/C=C\CCCCCCCCCCC(=O)OCC(O)COP(=O)(O)OCC(O)COP(=O)(O)OCC(COC(=O)CCCCCCCCCCCCC/C=C\C/C=C\C/C=C\C/C=C\CCCCC)OC(=O)CCCCC/C=C\C/C=C\C/C=C\C/C=C\C/C=C\CC. The maximum Gasteiger partial charge on any atom is 0.472 e. The van der Waals surface area contributed by atoms with Crippen molar-refractivity contribution in [2.24, 2.45) is 0 Å². The summed E-state index contributed by atoms with van der Waals surface area (Å²) in [5, 5.41) is 20.7. The molecule has 0 amide bonds. The van der Waals surface area contributed by atoms with Gasteiger partial charge in [0.2, 0.25) is 0 Å². The average molecular weight is 1560 g/mol. The number of carbonyl (C=O) groups excluding carboxylic acids is 3. The molecule has 0 aromatic rings. The highest BCUT2D eigenvalue weighted by atomic mass is 31.2. The second-order valence-corrected chi connectivity index (χ2v) is 30.4. The molecule has 0 aromatic heterocycles. The van der Waals surface area contributed by atoms with Gasteiger partial charge in [0.25, 0.3) is 0 Å². The molecule has 16 nitrogen and oxygen atoms in total. The summed E-state index contributed by atoms with van der Waals surface area (Å²) >= 11 is 0. The number of hydrogen-bond donors (Lipinski definition) is 4. The van der Waals surface area contributed by atoms with Gasteiger partial charge in [-0.2, -0.15) is 0 Å². The molecule has 0 saturated carbocycles. The van der Waals surface area contributed by atoms with Crippen molar-refractivity contribution in [2.45, 2.75) is 334 Å². The highest BCUT2D eigenvalue weighted by molar-refractivity contribution is 7.47. The summed E-state index contributed by atoms with van der Waals surface area (Å²) in [5.74, 6) is -1.63. The van der Waals surface area contributed by atoms with Crippen molar-refractivity contribution in [3.63, 3.8) is 0 Å². The van der Waals surface area contributed by atoms with Gasteiger partial charge < -0.3 is 34.2 Å². The number of ether oxygens (including phenoxy) is 3. The molecule has 0 spiro atoms. The van der Waals surface area contributed by atoms with Gasteiger partial charge >= 0.3 is 33.6 Å². The Morgan fingerprint density at radius 3 is 0.780 bits per heavy atom. The minimum absolute atomic E-state index is 0.0586. The van der Waals surface area contributed by atoms with Gasteiger partial charge in [0.05, 0.1) is 26.4 Å². The molecule has 0 saturated heterocycles. The minimum atomic E-state index is -4.95. The van der Waals surface area contributed by atoms with Gasteiger partial charge in [-0.1, -0.05) is 319 Å². The summed E-state index contributed by atoms with van der Waals surface area (Å²) in [6.45, 7) is 2.37. The zero-order valence-electron chi connectivity index (χ0n) is 67.9. The number of carbonyl (C=O) groups is 3. The Kier molecular flexibility index (Phi) is 78.1. The molecule has 0 aromatic carbocycles. The van der Waals surface area contributed by atoms with E-state index in [0.717, 1.165) is 173 Å². The maximum absolute atomic E-state index is 13.0. The van der Waals surface area contributed by atoms with Gasteiger partial charge in [0.15, 0.2) is 6.10 Å². The minimum Gasteiger partial charge on any atom is -0.463 e. The summed E-state index contributed by atoms with van der Waals surface area (Å²) in [7, 11) is -9.83. The third-order valence-corrected chi connectivity index (χ3v) is 19.0. The van der Waals surface area contributed by atoms with Crippen LogP contribution in [0.5, 0.6) is 0 Å². The Balaban J connectivity index is 4.68. The Bertz CT molecular complexity index is 2710. The van der Waals surface area contributed by atoms with E-state index in [9.17, 15) is 43.5 Å². The second kappa shape index (κ2) is 82.1. The number of aliphatic hydroxyl groups excluding tert-OH is 2. The van der Waals surface area contributed by atoms with E-state index in [1.165, 1.54) is 83.5 Å². The third-order valence-electron chi connectivity index (χ3n) is 17.1. The molecule has 620 valence electrons. The first-order valence-electron chi connectivity index (χ1n) is 42.1. The summed E-state index contributed by atoms with van der Waals surface area (Å²) in [6, 6.07) is 0. The first-order valence-corrected chi connectivity index (χ1v) is 45.1. The first kappa shape index (κ1) is 104. The highest BCUT2D eigenvalue weighted by Gasteiger charge is 2.29. The molecular formula is C91H150O16P2. The number of allylic oxidation sites excluding steroid dienone is 30. The van der Waals surface area contributed by atoms with Crippen LogP contribution in [0.1, 0.15) is 316 Å². The fourth-order valence-electron chi connectivity index (χ4n) is 10.8. The van der Waals surface area contributed by atoms with E-state index in [-0.39, 0.29) is 19.3 Å². The van der Waals surface area contributed by atoms with Gasteiger partial charge in [-0.25, -0.2) is 9.13 Å². The summed E-state index contributed by atoms with van der Waals surface area (Å²) < 4.78 is 61.3. The van der Waals surface area contributed by atoms with Gasteiger partial charge in [0, 0.05) is 19.3 Å². The smallest absolute Gasteiger partial charge is 0.463 e. The van der Waals surface area contributed by atoms with Crippen LogP contribution >= 0.6 is 15.6 Å². The predicted octanol–water partition coefficient (Wildman–Crippen LogP) is 25.3. The van der Waals surface area contributed by atoms with Crippen LogP contribution in [0.3, 0.4) is 0 Å². The molecule has 0 aliphatic rings. The number of phosphoric ester groups is 2. The summed E-state index contributed by atoms with van der Waals surface area (Å²) in [4.78, 5) is 58.8. The van der Waals surface area contributed by atoms with E-state index in [2.05, 4.69) is 203 Å². The molecule has 0 rings (SSSR count). The number of esters is 3. The number of rotatable bonds is 78. The summed E-state index contributed by atoms with van der Waals surface area (Å²) in [6.07, 6.45) is 106. The van der Waals surface area contributed by atoms with E-state index in [1.54, 1.807) is 0 Å². The van der Waals surface area contributed by atoms with Crippen LogP contribution in [-0.4, -0.2) is 95.9 Å². The molecule has 0 radical (unpaired) electrons. The van der Waals surface area contributed by atoms with Gasteiger partial charge in [-0.3, -0.25) is 32.5 Å². The molecular weight excluding hydrogens is 1410 g/mol. The van der Waals surface area contributed by atoms with Crippen LogP contribution in [0.4, 0.5) is 0 Å². The molecule has 0 heterocycles. The van der Waals surface area contributed by atoms with E-state index in [4.69, 9.17) is 32.3 Å². The average Bonchev–Trinajstić information content (AvgIpc) is 0.947. The zero-order chi connectivity index (χ0) is 79.4. The van der Waals surface area contributed by atoms with Gasteiger partial charge in [-0.05, 0) is 161 Å². The van der Waals surface area contributed by atoms with E-state index in [1.807, 2.05) is 0 Å². The Morgan fingerprint density at radius 2 is 0.486 bits per heavy atom. The molecule has 18 heteroatoms. The fraction of sp³-hybridized carbons (Fsp3) is 0.637. The third kappa shape index (κ3) is 83.4. The Labute approximate surface area is 662 Å².